The molecule has 32 heavy (non-hydrogen) atoms. The Balaban J connectivity index is 1.73. The molecule has 168 valence electrons. The lowest BCUT2D eigenvalue weighted by Crippen LogP contribution is -2.36. The lowest BCUT2D eigenvalue weighted by atomic mass is 10.0. The van der Waals surface area contributed by atoms with E-state index in [0.717, 1.165) is 27.3 Å². The molecular weight excluding hydrogens is 424 g/mol. The van der Waals surface area contributed by atoms with E-state index in [4.69, 9.17) is 9.47 Å². The van der Waals surface area contributed by atoms with Crippen molar-refractivity contribution < 1.29 is 19.1 Å². The Hall–Kier alpha value is -3.19. The third kappa shape index (κ3) is 6.92. The monoisotopic (exact) mass is 452 g/mol. The number of thiazole rings is 1. The summed E-state index contributed by atoms with van der Waals surface area (Å²) in [6.07, 6.45) is -0.592. The summed E-state index contributed by atoms with van der Waals surface area (Å²) in [5.74, 6) is -0.405. The number of hydrogen-bond donors (Lipinski definition) is 1. The number of alkyl carbamates (subject to hydrolysis) is 1. The summed E-state index contributed by atoms with van der Waals surface area (Å²) in [7, 11) is 0. The van der Waals surface area contributed by atoms with Crippen LogP contribution in [0.15, 0.2) is 60.1 Å². The first kappa shape index (κ1) is 23.5. The molecule has 1 atom stereocenters. The minimum atomic E-state index is -0.643. The van der Waals surface area contributed by atoms with E-state index in [1.165, 1.54) is 0 Å². The Morgan fingerprint density at radius 2 is 1.75 bits per heavy atom. The fraction of sp³-hybridized carbons (Fsp3) is 0.320. The van der Waals surface area contributed by atoms with Crippen molar-refractivity contribution in [2.24, 2.45) is 0 Å². The van der Waals surface area contributed by atoms with Crippen LogP contribution in [0, 0.1) is 6.92 Å². The number of amides is 1. The van der Waals surface area contributed by atoms with Gasteiger partial charge in [-0.25, -0.2) is 9.78 Å². The first-order valence-electron chi connectivity index (χ1n) is 10.4. The van der Waals surface area contributed by atoms with Gasteiger partial charge in [0.05, 0.1) is 28.5 Å². The summed E-state index contributed by atoms with van der Waals surface area (Å²) in [4.78, 5) is 30.3. The number of ether oxygens (including phenoxy) is 2. The highest BCUT2D eigenvalue weighted by Crippen LogP contribution is 2.29. The number of carbonyl (C=O) groups excluding carboxylic acids is 2. The van der Waals surface area contributed by atoms with Gasteiger partial charge in [-0.05, 0) is 44.4 Å². The molecule has 0 bridgehead atoms. The number of aryl methyl sites for hydroxylation is 1. The van der Waals surface area contributed by atoms with Crippen LogP contribution in [0.2, 0.25) is 0 Å². The van der Waals surface area contributed by atoms with E-state index in [9.17, 15) is 9.59 Å². The Labute approximate surface area is 192 Å². The van der Waals surface area contributed by atoms with E-state index >= 15 is 0 Å². The van der Waals surface area contributed by atoms with Crippen LogP contribution in [0.25, 0.3) is 10.4 Å². The summed E-state index contributed by atoms with van der Waals surface area (Å²) in [6, 6.07) is 16.6. The first-order chi connectivity index (χ1) is 15.2. The number of nitrogens with zero attached hydrogens (tertiary/aromatic N) is 1. The maximum atomic E-state index is 12.5. The Morgan fingerprint density at radius 1 is 1.06 bits per heavy atom. The molecule has 0 aliphatic heterocycles. The molecule has 0 aliphatic rings. The summed E-state index contributed by atoms with van der Waals surface area (Å²) < 4.78 is 10.8. The number of nitrogens with one attached hydrogen (secondary N) is 1. The molecule has 0 saturated carbocycles. The van der Waals surface area contributed by atoms with Crippen LogP contribution in [-0.4, -0.2) is 22.6 Å². The summed E-state index contributed by atoms with van der Waals surface area (Å²) in [5.41, 5.74) is 4.87. The molecule has 1 amide bonds. The molecule has 1 N–H and O–H groups in total. The molecule has 3 rings (SSSR count). The van der Waals surface area contributed by atoms with Gasteiger partial charge in [-0.15, -0.1) is 11.3 Å². The van der Waals surface area contributed by atoms with Gasteiger partial charge in [-0.2, -0.15) is 0 Å². The van der Waals surface area contributed by atoms with Crippen LogP contribution >= 0.6 is 11.3 Å². The van der Waals surface area contributed by atoms with Crippen LogP contribution in [0.5, 0.6) is 0 Å². The van der Waals surface area contributed by atoms with Crippen molar-refractivity contribution in [3.8, 4) is 10.4 Å². The molecule has 0 unspecified atom stereocenters. The van der Waals surface area contributed by atoms with Gasteiger partial charge in [0, 0.05) is 0 Å². The van der Waals surface area contributed by atoms with E-state index in [-0.39, 0.29) is 13.0 Å². The third-order valence-electron chi connectivity index (χ3n) is 4.63. The van der Waals surface area contributed by atoms with Gasteiger partial charge in [-0.1, -0.05) is 54.6 Å². The lowest BCUT2D eigenvalue weighted by molar-refractivity contribution is -0.145. The minimum Gasteiger partial charge on any atom is -0.461 e. The average Bonchev–Trinajstić information content (AvgIpc) is 3.17. The molecule has 0 aliphatic carbocycles. The number of benzene rings is 2. The minimum absolute atomic E-state index is 0.00892. The first-order valence-corrected chi connectivity index (χ1v) is 11.3. The number of esters is 1. The maximum Gasteiger partial charge on any atom is 0.408 e. The van der Waals surface area contributed by atoms with Gasteiger partial charge in [-0.3, -0.25) is 4.79 Å². The van der Waals surface area contributed by atoms with Gasteiger partial charge < -0.3 is 14.8 Å². The molecule has 6 nitrogen and oxygen atoms in total. The average molecular weight is 453 g/mol. The predicted molar refractivity (Wildman–Crippen MR) is 125 cm³/mol. The lowest BCUT2D eigenvalue weighted by Gasteiger charge is -2.23. The molecule has 7 heteroatoms. The fourth-order valence-electron chi connectivity index (χ4n) is 3.11. The summed E-state index contributed by atoms with van der Waals surface area (Å²) in [5, 5.41) is 2.81. The second-order valence-electron chi connectivity index (χ2n) is 8.44. The van der Waals surface area contributed by atoms with Crippen molar-refractivity contribution >= 4 is 23.4 Å². The largest absolute Gasteiger partial charge is 0.461 e. The number of carbonyl (C=O) groups is 2. The Morgan fingerprint density at radius 3 is 2.34 bits per heavy atom. The van der Waals surface area contributed by atoms with Crippen molar-refractivity contribution in [1.82, 2.24) is 10.3 Å². The molecule has 1 heterocycles. The standard InChI is InChI=1S/C25H28N2O4S/c1-17-23(32-16-26-17)20-12-10-19(11-13-20)21(27-24(29)31-25(2,3)4)14-22(28)30-15-18-8-6-5-7-9-18/h5-13,16,21H,14-15H2,1-4H3,(H,27,29)/t21-/m1/s1. The van der Waals surface area contributed by atoms with Gasteiger partial charge >= 0.3 is 12.1 Å². The highest BCUT2D eigenvalue weighted by molar-refractivity contribution is 7.13. The fourth-order valence-corrected chi connectivity index (χ4v) is 3.92. The van der Waals surface area contributed by atoms with Crippen molar-refractivity contribution in [1.29, 1.82) is 0 Å². The molecule has 0 spiro atoms. The summed E-state index contributed by atoms with van der Waals surface area (Å²) in [6.45, 7) is 7.53. The van der Waals surface area contributed by atoms with E-state index in [1.54, 1.807) is 32.1 Å². The van der Waals surface area contributed by atoms with Gasteiger partial charge in [0.25, 0.3) is 0 Å². The SMILES string of the molecule is Cc1ncsc1-c1ccc([C@@H](CC(=O)OCc2ccccc2)NC(=O)OC(C)(C)C)cc1. The highest BCUT2D eigenvalue weighted by Gasteiger charge is 2.23. The maximum absolute atomic E-state index is 12.5. The molecule has 0 saturated heterocycles. The second kappa shape index (κ2) is 10.4. The molecule has 0 fully saturated rings. The van der Waals surface area contributed by atoms with Crippen LogP contribution in [0.1, 0.15) is 50.1 Å². The molecule has 1 aromatic heterocycles. The van der Waals surface area contributed by atoms with Crippen molar-refractivity contribution in [3.63, 3.8) is 0 Å². The topological polar surface area (TPSA) is 77.5 Å². The normalized spacial score (nSPS) is 12.1. The summed E-state index contributed by atoms with van der Waals surface area (Å²) >= 11 is 1.57. The number of aromatic nitrogens is 1. The van der Waals surface area contributed by atoms with Crippen molar-refractivity contribution in [3.05, 3.63) is 76.9 Å². The van der Waals surface area contributed by atoms with Crippen molar-refractivity contribution in [2.45, 2.75) is 52.4 Å². The quantitative estimate of drug-likeness (QED) is 0.457. The zero-order valence-electron chi connectivity index (χ0n) is 18.8. The van der Waals surface area contributed by atoms with Gasteiger partial charge in [0.15, 0.2) is 0 Å². The zero-order valence-corrected chi connectivity index (χ0v) is 19.6. The highest BCUT2D eigenvalue weighted by atomic mass is 32.1. The smallest absolute Gasteiger partial charge is 0.408 e. The van der Waals surface area contributed by atoms with Crippen LogP contribution in [0.4, 0.5) is 4.79 Å². The second-order valence-corrected chi connectivity index (χ2v) is 9.29. The van der Waals surface area contributed by atoms with E-state index in [1.807, 2.05) is 67.0 Å². The third-order valence-corrected chi connectivity index (χ3v) is 5.60. The van der Waals surface area contributed by atoms with Crippen LogP contribution in [0.3, 0.4) is 0 Å². The van der Waals surface area contributed by atoms with E-state index in [2.05, 4.69) is 10.3 Å². The van der Waals surface area contributed by atoms with Gasteiger partial charge in [0.1, 0.15) is 12.2 Å². The number of hydrogen-bond acceptors (Lipinski definition) is 6. The Kier molecular flexibility index (Phi) is 7.64. The predicted octanol–water partition coefficient (Wildman–Crippen LogP) is 5.82. The Bertz CT molecular complexity index is 1040. The molecule has 3 aromatic rings. The zero-order chi connectivity index (χ0) is 23.1. The van der Waals surface area contributed by atoms with Crippen LogP contribution < -0.4 is 5.32 Å². The number of rotatable bonds is 7. The van der Waals surface area contributed by atoms with E-state index in [0.29, 0.717) is 0 Å². The van der Waals surface area contributed by atoms with Crippen LogP contribution in [-0.2, 0) is 20.9 Å². The molecule has 0 radical (unpaired) electrons. The van der Waals surface area contributed by atoms with Gasteiger partial charge in [0.2, 0.25) is 0 Å². The van der Waals surface area contributed by atoms with Crippen molar-refractivity contribution in [2.75, 3.05) is 0 Å². The molecular formula is C25H28N2O4S. The van der Waals surface area contributed by atoms with E-state index < -0.39 is 23.7 Å². The molecule has 2 aromatic carbocycles.